The highest BCUT2D eigenvalue weighted by Crippen LogP contribution is 2.29. The average molecular weight is 499 g/mol. The number of amides is 2. The molecule has 3 aromatic carbocycles. The minimum atomic E-state index is -0.486. The molecular weight excluding hydrogens is 476 g/mol. The number of halogens is 1. The van der Waals surface area contributed by atoms with E-state index in [9.17, 15) is 9.59 Å². The van der Waals surface area contributed by atoms with Crippen molar-refractivity contribution in [3.63, 3.8) is 0 Å². The summed E-state index contributed by atoms with van der Waals surface area (Å²) in [5, 5.41) is 0. The second-order valence-electron chi connectivity index (χ2n) is 6.64. The Labute approximate surface area is 194 Å². The van der Waals surface area contributed by atoms with Crippen LogP contribution in [0.25, 0.3) is 11.1 Å². The van der Waals surface area contributed by atoms with Crippen molar-refractivity contribution in [1.82, 2.24) is 10.9 Å². The first-order valence-corrected chi connectivity index (χ1v) is 10.7. The second kappa shape index (κ2) is 11.9. The second-order valence-corrected chi connectivity index (χ2v) is 7.49. The fraction of sp³-hybridized carbons (Fsp3) is 0.167. The van der Waals surface area contributed by atoms with Crippen molar-refractivity contribution in [2.75, 3.05) is 26.9 Å². The van der Waals surface area contributed by atoms with Crippen molar-refractivity contribution >= 4 is 27.7 Å². The Morgan fingerprint density at radius 2 is 1.59 bits per heavy atom. The Bertz CT molecular complexity index is 1060. The van der Waals surface area contributed by atoms with Gasteiger partial charge in [-0.1, -0.05) is 48.5 Å². The molecule has 2 amide bonds. The molecule has 0 aliphatic carbocycles. The molecule has 3 rings (SSSR count). The molecule has 0 radical (unpaired) electrons. The van der Waals surface area contributed by atoms with Crippen molar-refractivity contribution in [2.45, 2.75) is 0 Å². The molecule has 0 aliphatic heterocycles. The van der Waals surface area contributed by atoms with Crippen LogP contribution < -0.4 is 20.3 Å². The topological polar surface area (TPSA) is 85.9 Å². The molecule has 0 fully saturated rings. The Hall–Kier alpha value is -3.36. The molecule has 0 heterocycles. The van der Waals surface area contributed by atoms with Gasteiger partial charge in [0.25, 0.3) is 11.8 Å². The van der Waals surface area contributed by atoms with Gasteiger partial charge in [0.1, 0.15) is 18.1 Å². The van der Waals surface area contributed by atoms with Crippen molar-refractivity contribution < 1.29 is 23.8 Å². The maximum atomic E-state index is 12.3. The lowest BCUT2D eigenvalue weighted by molar-refractivity contribution is -0.123. The van der Waals surface area contributed by atoms with Gasteiger partial charge < -0.3 is 14.2 Å². The number of ether oxygens (including phenoxy) is 3. The van der Waals surface area contributed by atoms with Crippen molar-refractivity contribution in [3.05, 3.63) is 82.8 Å². The third-order valence-electron chi connectivity index (χ3n) is 4.39. The van der Waals surface area contributed by atoms with Gasteiger partial charge in [-0.3, -0.25) is 20.4 Å². The summed E-state index contributed by atoms with van der Waals surface area (Å²) < 4.78 is 16.8. The number of methoxy groups -OCH3 is 1. The van der Waals surface area contributed by atoms with E-state index in [1.54, 1.807) is 31.4 Å². The van der Waals surface area contributed by atoms with Crippen molar-refractivity contribution in [3.8, 4) is 22.6 Å². The summed E-state index contributed by atoms with van der Waals surface area (Å²) in [6, 6.07) is 22.1. The van der Waals surface area contributed by atoms with Gasteiger partial charge in [-0.25, -0.2) is 0 Å². The van der Waals surface area contributed by atoms with E-state index < -0.39 is 11.8 Å². The smallest absolute Gasteiger partial charge is 0.276 e. The summed E-state index contributed by atoms with van der Waals surface area (Å²) in [7, 11) is 1.59. The number of hydrogen-bond donors (Lipinski definition) is 2. The summed E-state index contributed by atoms with van der Waals surface area (Å²) in [6.45, 7) is 0.600. The van der Waals surface area contributed by atoms with Gasteiger partial charge in [-0.05, 0) is 45.8 Å². The van der Waals surface area contributed by atoms with E-state index in [4.69, 9.17) is 14.2 Å². The minimum absolute atomic E-state index is 0.250. The van der Waals surface area contributed by atoms with Crippen molar-refractivity contribution in [1.29, 1.82) is 0 Å². The number of hydrazine groups is 1. The number of para-hydroxylation sites is 1. The zero-order valence-corrected chi connectivity index (χ0v) is 19.1. The molecule has 0 saturated carbocycles. The van der Waals surface area contributed by atoms with E-state index >= 15 is 0 Å². The predicted molar refractivity (Wildman–Crippen MR) is 124 cm³/mol. The molecule has 0 atom stereocenters. The van der Waals surface area contributed by atoms with Crippen LogP contribution in [-0.2, 0) is 9.53 Å². The number of nitrogens with one attached hydrogen (secondary N) is 2. The molecule has 3 aromatic rings. The Morgan fingerprint density at radius 1 is 0.844 bits per heavy atom. The van der Waals surface area contributed by atoms with Crippen LogP contribution >= 0.6 is 15.9 Å². The fourth-order valence-electron chi connectivity index (χ4n) is 2.82. The van der Waals surface area contributed by atoms with Gasteiger partial charge in [0.15, 0.2) is 6.61 Å². The van der Waals surface area contributed by atoms with Gasteiger partial charge in [-0.2, -0.15) is 0 Å². The van der Waals surface area contributed by atoms with E-state index in [1.807, 2.05) is 48.5 Å². The Kier molecular flexibility index (Phi) is 8.65. The zero-order chi connectivity index (χ0) is 22.8. The zero-order valence-electron chi connectivity index (χ0n) is 17.5. The first-order valence-electron chi connectivity index (χ1n) is 9.86. The van der Waals surface area contributed by atoms with Crippen LogP contribution in [-0.4, -0.2) is 38.7 Å². The van der Waals surface area contributed by atoms with Crippen LogP contribution in [0.15, 0.2) is 77.3 Å². The van der Waals surface area contributed by atoms with Gasteiger partial charge >= 0.3 is 0 Å². The van der Waals surface area contributed by atoms with Gasteiger partial charge in [0, 0.05) is 18.2 Å². The monoisotopic (exact) mass is 498 g/mol. The van der Waals surface area contributed by atoms with E-state index in [2.05, 4.69) is 26.8 Å². The molecule has 0 spiro atoms. The Balaban J connectivity index is 1.51. The highest BCUT2D eigenvalue weighted by Gasteiger charge is 2.12. The normalized spacial score (nSPS) is 10.3. The third kappa shape index (κ3) is 6.57. The molecular formula is C24H23BrN2O5. The predicted octanol–water partition coefficient (Wildman–Crippen LogP) is 3.98. The fourth-order valence-corrected chi connectivity index (χ4v) is 3.31. The summed E-state index contributed by atoms with van der Waals surface area (Å²) in [5.74, 6) is 0.216. The van der Waals surface area contributed by atoms with Crippen LogP contribution in [0.5, 0.6) is 11.5 Å². The standard InChI is InChI=1S/C24H23BrN2O5/c1-30-13-14-31-22-12-11-18(15-20(22)25)24(29)27-26-23(28)16-32-21-10-6-5-9-19(21)17-7-3-2-4-8-17/h2-12,15H,13-14,16H2,1H3,(H,26,28)(H,27,29). The van der Waals surface area contributed by atoms with Gasteiger partial charge in [0.05, 0.1) is 11.1 Å². The molecule has 0 bridgehead atoms. The third-order valence-corrected chi connectivity index (χ3v) is 5.00. The molecule has 8 heteroatoms. The molecule has 0 saturated heterocycles. The lowest BCUT2D eigenvalue weighted by atomic mass is 10.1. The number of carbonyl (C=O) groups is 2. The van der Waals surface area contributed by atoms with Crippen molar-refractivity contribution in [2.24, 2.45) is 0 Å². The largest absolute Gasteiger partial charge is 0.490 e. The molecule has 2 N–H and O–H groups in total. The summed E-state index contributed by atoms with van der Waals surface area (Å²) in [6.07, 6.45) is 0. The maximum Gasteiger partial charge on any atom is 0.276 e. The van der Waals surface area contributed by atoms with E-state index in [-0.39, 0.29) is 6.61 Å². The molecule has 7 nitrogen and oxygen atoms in total. The molecule has 32 heavy (non-hydrogen) atoms. The van der Waals surface area contributed by atoms with Crippen LogP contribution in [0.4, 0.5) is 0 Å². The van der Waals surface area contributed by atoms with E-state index in [0.29, 0.717) is 34.7 Å². The molecule has 166 valence electrons. The molecule has 0 aromatic heterocycles. The average Bonchev–Trinajstić information content (AvgIpc) is 2.83. The van der Waals surface area contributed by atoms with E-state index in [1.165, 1.54) is 0 Å². The number of rotatable bonds is 9. The van der Waals surface area contributed by atoms with Gasteiger partial charge in [0.2, 0.25) is 0 Å². The van der Waals surface area contributed by atoms with E-state index in [0.717, 1.165) is 11.1 Å². The van der Waals surface area contributed by atoms with Crippen LogP contribution in [0.1, 0.15) is 10.4 Å². The van der Waals surface area contributed by atoms with Crippen LogP contribution in [0.3, 0.4) is 0 Å². The Morgan fingerprint density at radius 3 is 2.34 bits per heavy atom. The van der Waals surface area contributed by atoms with Crippen LogP contribution in [0, 0.1) is 0 Å². The lowest BCUT2D eigenvalue weighted by Crippen LogP contribution is -2.43. The van der Waals surface area contributed by atoms with Gasteiger partial charge in [-0.15, -0.1) is 0 Å². The lowest BCUT2D eigenvalue weighted by Gasteiger charge is -2.13. The molecule has 0 unspecified atom stereocenters. The highest BCUT2D eigenvalue weighted by atomic mass is 79.9. The highest BCUT2D eigenvalue weighted by molar-refractivity contribution is 9.10. The minimum Gasteiger partial charge on any atom is -0.490 e. The summed E-state index contributed by atoms with van der Waals surface area (Å²) >= 11 is 3.37. The quantitative estimate of drug-likeness (QED) is 0.344. The SMILES string of the molecule is COCCOc1ccc(C(=O)NNC(=O)COc2ccccc2-c2ccccc2)cc1Br. The first kappa shape index (κ1) is 23.3. The molecule has 0 aliphatic rings. The van der Waals surface area contributed by atoms with Crippen LogP contribution in [0.2, 0.25) is 0 Å². The maximum absolute atomic E-state index is 12.3. The summed E-state index contributed by atoms with van der Waals surface area (Å²) in [4.78, 5) is 24.5. The first-order chi connectivity index (χ1) is 15.6. The number of carbonyl (C=O) groups excluding carboxylic acids is 2. The summed E-state index contributed by atoms with van der Waals surface area (Å²) in [5.41, 5.74) is 6.95. The number of hydrogen-bond acceptors (Lipinski definition) is 5. The number of benzene rings is 3.